The van der Waals surface area contributed by atoms with Crippen LogP contribution in [0.3, 0.4) is 0 Å². The van der Waals surface area contributed by atoms with Crippen molar-refractivity contribution in [3.63, 3.8) is 0 Å². The van der Waals surface area contributed by atoms with Gasteiger partial charge in [0.05, 0.1) is 23.8 Å². The van der Waals surface area contributed by atoms with E-state index < -0.39 is 29.9 Å². The van der Waals surface area contributed by atoms with Gasteiger partial charge in [-0.05, 0) is 31.7 Å². The van der Waals surface area contributed by atoms with Crippen molar-refractivity contribution in [1.29, 1.82) is 0 Å². The quantitative estimate of drug-likeness (QED) is 0.577. The maximum absolute atomic E-state index is 13.5. The number of aliphatic carboxylic acids is 1. The minimum Gasteiger partial charge on any atom is -0.481 e. The first-order valence-electron chi connectivity index (χ1n) is 9.34. The van der Waals surface area contributed by atoms with Crippen molar-refractivity contribution in [3.05, 3.63) is 35.9 Å². The average molecular weight is 419 g/mol. The first-order chi connectivity index (χ1) is 14.3. The van der Waals surface area contributed by atoms with Gasteiger partial charge in [0.15, 0.2) is 11.3 Å². The van der Waals surface area contributed by atoms with Crippen LogP contribution in [0.25, 0.3) is 5.65 Å². The average Bonchev–Trinajstić information content (AvgIpc) is 3.32. The number of anilines is 2. The Bertz CT molecular complexity index is 1100. The number of amides is 1. The van der Waals surface area contributed by atoms with Crippen LogP contribution in [0.1, 0.15) is 54.2 Å². The van der Waals surface area contributed by atoms with E-state index in [0.717, 1.165) is 0 Å². The molecule has 0 aromatic carbocycles. The van der Waals surface area contributed by atoms with E-state index in [2.05, 4.69) is 20.5 Å². The molecule has 0 spiro atoms. The summed E-state index contributed by atoms with van der Waals surface area (Å²) < 4.78 is 29.8. The van der Waals surface area contributed by atoms with Crippen LogP contribution in [0, 0.1) is 5.92 Å². The predicted molar refractivity (Wildman–Crippen MR) is 101 cm³/mol. The van der Waals surface area contributed by atoms with Gasteiger partial charge >= 0.3 is 5.97 Å². The van der Waals surface area contributed by atoms with Crippen molar-refractivity contribution in [1.82, 2.24) is 24.4 Å². The number of carboxylic acids is 1. The summed E-state index contributed by atoms with van der Waals surface area (Å²) in [6.45, 7) is 0. The van der Waals surface area contributed by atoms with Gasteiger partial charge in [0, 0.05) is 12.4 Å². The minimum absolute atomic E-state index is 0.0808. The lowest BCUT2D eigenvalue weighted by molar-refractivity contribution is -0.143. The zero-order valence-corrected chi connectivity index (χ0v) is 15.7. The highest BCUT2D eigenvalue weighted by Crippen LogP contribution is 2.35. The van der Waals surface area contributed by atoms with Crippen LogP contribution in [0.2, 0.25) is 0 Å². The van der Waals surface area contributed by atoms with E-state index in [4.69, 9.17) is 10.8 Å². The van der Waals surface area contributed by atoms with Crippen LogP contribution >= 0.6 is 0 Å². The summed E-state index contributed by atoms with van der Waals surface area (Å²) in [6, 6.07) is 1.31. The number of nitrogens with zero attached hydrogens (tertiary/aromatic N) is 5. The highest BCUT2D eigenvalue weighted by atomic mass is 19.3. The molecular formula is C18H19F2N7O3. The molecule has 3 heterocycles. The number of alkyl halides is 2. The van der Waals surface area contributed by atoms with E-state index >= 15 is 0 Å². The number of hydrogen-bond acceptors (Lipinski definition) is 6. The van der Waals surface area contributed by atoms with Crippen molar-refractivity contribution < 1.29 is 23.5 Å². The van der Waals surface area contributed by atoms with Crippen LogP contribution in [0.5, 0.6) is 0 Å². The molecule has 0 atom stereocenters. The summed E-state index contributed by atoms with van der Waals surface area (Å²) in [4.78, 5) is 27.8. The standard InChI is InChI=1S/C18H19F2N7O3/c19-15(20)14-12(8-27(25-14)10-3-1-9(2-4-10)18(29)30)23-17(28)11-7-22-26-6-5-13(21)24-16(11)26/h5-10,15H,1-4H2,(H2,21,24)(H,23,28)(H,29,30). The largest absolute Gasteiger partial charge is 0.481 e. The molecular weight excluding hydrogens is 400 g/mol. The molecule has 1 amide bonds. The first-order valence-corrected chi connectivity index (χ1v) is 9.34. The van der Waals surface area contributed by atoms with E-state index in [1.165, 1.54) is 33.9 Å². The lowest BCUT2D eigenvalue weighted by Crippen LogP contribution is -2.23. The number of carbonyl (C=O) groups excluding carboxylic acids is 1. The van der Waals surface area contributed by atoms with E-state index in [0.29, 0.717) is 25.7 Å². The number of hydrogen-bond donors (Lipinski definition) is 3. The van der Waals surface area contributed by atoms with Gasteiger partial charge in [-0.3, -0.25) is 14.3 Å². The molecule has 0 bridgehead atoms. The zero-order valence-electron chi connectivity index (χ0n) is 15.7. The third-order valence-corrected chi connectivity index (χ3v) is 5.27. The van der Waals surface area contributed by atoms with Crippen molar-refractivity contribution >= 4 is 29.0 Å². The smallest absolute Gasteiger partial charge is 0.306 e. The normalized spacial score (nSPS) is 19.3. The van der Waals surface area contributed by atoms with Gasteiger partial charge in [0.1, 0.15) is 11.4 Å². The molecule has 1 aliphatic rings. The molecule has 10 nitrogen and oxygen atoms in total. The summed E-state index contributed by atoms with van der Waals surface area (Å²) in [7, 11) is 0. The number of halogens is 2. The fourth-order valence-corrected chi connectivity index (χ4v) is 3.67. The Hall–Kier alpha value is -3.57. The second-order valence-corrected chi connectivity index (χ2v) is 7.19. The molecule has 1 aliphatic carbocycles. The minimum atomic E-state index is -2.89. The fourth-order valence-electron chi connectivity index (χ4n) is 3.67. The molecule has 0 saturated heterocycles. The van der Waals surface area contributed by atoms with Gasteiger partial charge in [-0.2, -0.15) is 10.2 Å². The molecule has 4 rings (SSSR count). The molecule has 1 saturated carbocycles. The third kappa shape index (κ3) is 3.67. The molecule has 0 radical (unpaired) electrons. The van der Waals surface area contributed by atoms with Crippen molar-refractivity contribution in [2.45, 2.75) is 38.2 Å². The lowest BCUT2D eigenvalue weighted by atomic mass is 9.86. The van der Waals surface area contributed by atoms with Crippen LogP contribution in [-0.2, 0) is 4.79 Å². The zero-order chi connectivity index (χ0) is 21.4. The fraction of sp³-hybridized carbons (Fsp3) is 0.389. The summed E-state index contributed by atoms with van der Waals surface area (Å²) in [6.07, 6.45) is 3.18. The number of carbonyl (C=O) groups is 2. The molecule has 4 N–H and O–H groups in total. The number of rotatable bonds is 5. The Labute approximate surface area is 168 Å². The number of nitrogens with one attached hydrogen (secondary N) is 1. The summed E-state index contributed by atoms with van der Waals surface area (Å²) >= 11 is 0. The van der Waals surface area contributed by atoms with Gasteiger partial charge in [-0.15, -0.1) is 0 Å². The molecule has 0 aliphatic heterocycles. The van der Waals surface area contributed by atoms with Crippen LogP contribution in [0.4, 0.5) is 20.3 Å². The SMILES string of the molecule is Nc1ccn2ncc(C(=O)Nc3cn(C4CCC(C(=O)O)CC4)nc3C(F)F)c2n1. The van der Waals surface area contributed by atoms with Gasteiger partial charge < -0.3 is 16.2 Å². The monoisotopic (exact) mass is 419 g/mol. The van der Waals surface area contributed by atoms with Crippen molar-refractivity contribution in [3.8, 4) is 0 Å². The Balaban J connectivity index is 1.57. The molecule has 1 fully saturated rings. The van der Waals surface area contributed by atoms with Crippen LogP contribution in [-0.4, -0.2) is 41.4 Å². The van der Waals surface area contributed by atoms with Gasteiger partial charge in [0.25, 0.3) is 12.3 Å². The van der Waals surface area contributed by atoms with Gasteiger partial charge in [-0.1, -0.05) is 0 Å². The maximum atomic E-state index is 13.5. The van der Waals surface area contributed by atoms with Crippen LogP contribution < -0.4 is 11.1 Å². The van der Waals surface area contributed by atoms with E-state index in [1.807, 2.05) is 0 Å². The van der Waals surface area contributed by atoms with Crippen molar-refractivity contribution in [2.24, 2.45) is 5.92 Å². The number of carboxylic acid groups (broad SMARTS) is 1. The molecule has 3 aromatic rings. The number of nitrogens with two attached hydrogens (primary N) is 1. The maximum Gasteiger partial charge on any atom is 0.306 e. The Morgan fingerprint density at radius 3 is 2.67 bits per heavy atom. The Morgan fingerprint density at radius 1 is 1.27 bits per heavy atom. The second-order valence-electron chi connectivity index (χ2n) is 7.19. The first kappa shape index (κ1) is 19.7. The third-order valence-electron chi connectivity index (χ3n) is 5.27. The van der Waals surface area contributed by atoms with Gasteiger partial charge in [0.2, 0.25) is 0 Å². The molecule has 3 aromatic heterocycles. The summed E-state index contributed by atoms with van der Waals surface area (Å²) in [5.41, 5.74) is 5.27. The molecule has 0 unspecified atom stereocenters. The number of nitrogen functional groups attached to an aromatic ring is 1. The second kappa shape index (κ2) is 7.69. The Morgan fingerprint density at radius 2 is 2.00 bits per heavy atom. The van der Waals surface area contributed by atoms with Crippen molar-refractivity contribution in [2.75, 3.05) is 11.1 Å². The number of fused-ring (bicyclic) bond motifs is 1. The molecule has 158 valence electrons. The van der Waals surface area contributed by atoms with E-state index in [1.54, 1.807) is 0 Å². The van der Waals surface area contributed by atoms with Crippen LogP contribution in [0.15, 0.2) is 24.7 Å². The highest BCUT2D eigenvalue weighted by Gasteiger charge is 2.29. The van der Waals surface area contributed by atoms with E-state index in [-0.39, 0.29) is 28.8 Å². The highest BCUT2D eigenvalue weighted by molar-refractivity contribution is 6.08. The molecule has 30 heavy (non-hydrogen) atoms. The predicted octanol–water partition coefficient (Wildman–Crippen LogP) is 2.51. The van der Waals surface area contributed by atoms with Gasteiger partial charge in [-0.25, -0.2) is 18.3 Å². The topological polar surface area (TPSA) is 140 Å². The summed E-state index contributed by atoms with van der Waals surface area (Å²) in [5, 5.41) is 19.5. The summed E-state index contributed by atoms with van der Waals surface area (Å²) in [5.74, 6) is -1.76. The lowest BCUT2D eigenvalue weighted by Gasteiger charge is -2.26. The number of aromatic nitrogens is 5. The van der Waals surface area contributed by atoms with E-state index in [9.17, 15) is 18.4 Å². The Kier molecular flexibility index (Phi) is 5.06. The molecule has 12 heteroatoms.